The number of hydrogen-bond acceptors (Lipinski definition) is 2. The topological polar surface area (TPSA) is 54.9 Å². The molecule has 0 spiro atoms. The summed E-state index contributed by atoms with van der Waals surface area (Å²) in [6, 6.07) is 7.68. The summed E-state index contributed by atoms with van der Waals surface area (Å²) in [6.07, 6.45) is 0.495. The quantitative estimate of drug-likeness (QED) is 0.768. The first kappa shape index (κ1) is 12.5. The van der Waals surface area contributed by atoms with Crippen molar-refractivity contribution in [2.24, 2.45) is 0 Å². The van der Waals surface area contributed by atoms with Crippen molar-refractivity contribution >= 4 is 11.6 Å². The zero-order valence-corrected chi connectivity index (χ0v) is 9.99. The lowest BCUT2D eigenvalue weighted by atomic mass is 10.2. The number of carbonyl (C=O) groups excluding carboxylic acids is 1. The SMILES string of the molecule is C[NH2+][C@@H](C)CC(=O)Nc1ccccc1OC. The molecule has 0 saturated carbocycles. The molecule has 3 N–H and O–H groups in total. The van der Waals surface area contributed by atoms with Crippen LogP contribution in [0.1, 0.15) is 13.3 Å². The first-order valence-corrected chi connectivity index (χ1v) is 5.39. The normalized spacial score (nSPS) is 11.9. The van der Waals surface area contributed by atoms with Gasteiger partial charge in [-0.2, -0.15) is 0 Å². The van der Waals surface area contributed by atoms with Gasteiger partial charge in [0.05, 0.1) is 32.3 Å². The van der Waals surface area contributed by atoms with Crippen molar-refractivity contribution in [3.63, 3.8) is 0 Å². The number of nitrogens with one attached hydrogen (secondary N) is 1. The van der Waals surface area contributed by atoms with E-state index >= 15 is 0 Å². The molecule has 1 aromatic rings. The van der Waals surface area contributed by atoms with Gasteiger partial charge in [-0.3, -0.25) is 4.79 Å². The van der Waals surface area contributed by atoms with E-state index in [0.29, 0.717) is 12.2 Å². The van der Waals surface area contributed by atoms with Crippen LogP contribution in [-0.2, 0) is 4.79 Å². The first-order chi connectivity index (χ1) is 7.67. The molecule has 1 amide bonds. The molecular weight excluding hydrogens is 204 g/mol. The number of quaternary nitrogens is 1. The van der Waals surface area contributed by atoms with E-state index in [1.807, 2.05) is 43.6 Å². The van der Waals surface area contributed by atoms with Crippen molar-refractivity contribution in [1.29, 1.82) is 0 Å². The molecule has 0 aliphatic rings. The molecule has 0 aliphatic carbocycles. The molecule has 0 aliphatic heterocycles. The fourth-order valence-corrected chi connectivity index (χ4v) is 1.36. The highest BCUT2D eigenvalue weighted by atomic mass is 16.5. The molecule has 1 rings (SSSR count). The number of anilines is 1. The molecule has 88 valence electrons. The van der Waals surface area contributed by atoms with Crippen molar-refractivity contribution < 1.29 is 14.8 Å². The predicted octanol–water partition coefficient (Wildman–Crippen LogP) is 0.606. The van der Waals surface area contributed by atoms with Gasteiger partial charge in [-0.25, -0.2) is 0 Å². The summed E-state index contributed by atoms with van der Waals surface area (Å²) in [7, 11) is 3.55. The number of para-hydroxylation sites is 2. The van der Waals surface area contributed by atoms with Crippen molar-refractivity contribution in [2.75, 3.05) is 19.5 Å². The standard InChI is InChI=1S/C12H18N2O2/c1-9(13-2)8-12(15)14-10-6-4-5-7-11(10)16-3/h4-7,9,13H,8H2,1-3H3,(H,14,15)/p+1/t9-/m0/s1. The van der Waals surface area contributed by atoms with Gasteiger partial charge < -0.3 is 15.4 Å². The Hall–Kier alpha value is -1.55. The second kappa shape index (κ2) is 6.12. The highest BCUT2D eigenvalue weighted by Crippen LogP contribution is 2.22. The van der Waals surface area contributed by atoms with Gasteiger partial charge in [0.1, 0.15) is 5.75 Å². The molecule has 16 heavy (non-hydrogen) atoms. The van der Waals surface area contributed by atoms with Gasteiger partial charge in [0.15, 0.2) is 0 Å². The molecular formula is C12H19N2O2+. The zero-order valence-electron chi connectivity index (χ0n) is 9.99. The van der Waals surface area contributed by atoms with Crippen LogP contribution < -0.4 is 15.4 Å². The van der Waals surface area contributed by atoms with E-state index in [4.69, 9.17) is 4.74 Å². The number of benzene rings is 1. The number of amides is 1. The largest absolute Gasteiger partial charge is 0.495 e. The number of ether oxygens (including phenoxy) is 1. The molecule has 0 unspecified atom stereocenters. The van der Waals surface area contributed by atoms with Crippen molar-refractivity contribution in [1.82, 2.24) is 0 Å². The summed E-state index contributed by atoms with van der Waals surface area (Å²) in [4.78, 5) is 11.7. The summed E-state index contributed by atoms with van der Waals surface area (Å²) in [5.41, 5.74) is 0.721. The number of methoxy groups -OCH3 is 1. The molecule has 0 heterocycles. The summed E-state index contributed by atoms with van der Waals surface area (Å²) in [6.45, 7) is 2.02. The van der Waals surface area contributed by atoms with Crippen LogP contribution in [0, 0.1) is 0 Å². The van der Waals surface area contributed by atoms with Gasteiger partial charge in [-0.15, -0.1) is 0 Å². The maximum Gasteiger partial charge on any atom is 0.230 e. The average Bonchev–Trinajstić information content (AvgIpc) is 2.29. The smallest absolute Gasteiger partial charge is 0.230 e. The lowest BCUT2D eigenvalue weighted by Crippen LogP contribution is -2.85. The van der Waals surface area contributed by atoms with E-state index in [0.717, 1.165) is 5.69 Å². The molecule has 0 saturated heterocycles. The van der Waals surface area contributed by atoms with Gasteiger partial charge in [0.2, 0.25) is 5.91 Å². The van der Waals surface area contributed by atoms with Gasteiger partial charge >= 0.3 is 0 Å². The average molecular weight is 223 g/mol. The molecule has 0 radical (unpaired) electrons. The van der Waals surface area contributed by atoms with Crippen molar-refractivity contribution in [3.8, 4) is 5.75 Å². The summed E-state index contributed by atoms with van der Waals surface area (Å²) in [5.74, 6) is 0.694. The molecule has 0 bridgehead atoms. The fraction of sp³-hybridized carbons (Fsp3) is 0.417. The van der Waals surface area contributed by atoms with E-state index < -0.39 is 0 Å². The van der Waals surface area contributed by atoms with Crippen molar-refractivity contribution in [3.05, 3.63) is 24.3 Å². The summed E-state index contributed by atoms with van der Waals surface area (Å²) >= 11 is 0. The predicted molar refractivity (Wildman–Crippen MR) is 63.6 cm³/mol. The van der Waals surface area contributed by atoms with Crippen LogP contribution in [0.2, 0.25) is 0 Å². The Morgan fingerprint density at radius 3 is 2.81 bits per heavy atom. The van der Waals surface area contributed by atoms with E-state index in [-0.39, 0.29) is 11.9 Å². The number of carbonyl (C=O) groups is 1. The molecule has 4 nitrogen and oxygen atoms in total. The van der Waals surface area contributed by atoms with E-state index in [2.05, 4.69) is 5.32 Å². The Morgan fingerprint density at radius 1 is 1.50 bits per heavy atom. The van der Waals surface area contributed by atoms with E-state index in [9.17, 15) is 4.79 Å². The lowest BCUT2D eigenvalue weighted by Gasteiger charge is -2.11. The van der Waals surface area contributed by atoms with Crippen LogP contribution in [0.4, 0.5) is 5.69 Å². The van der Waals surface area contributed by atoms with Gasteiger partial charge in [-0.1, -0.05) is 12.1 Å². The third-order valence-electron chi connectivity index (χ3n) is 2.46. The second-order valence-electron chi connectivity index (χ2n) is 3.76. The fourth-order valence-electron chi connectivity index (χ4n) is 1.36. The van der Waals surface area contributed by atoms with Crippen LogP contribution in [0.5, 0.6) is 5.75 Å². The first-order valence-electron chi connectivity index (χ1n) is 5.39. The summed E-state index contributed by atoms with van der Waals surface area (Å²) < 4.78 is 5.15. The molecule has 1 aromatic carbocycles. The molecule has 0 fully saturated rings. The second-order valence-corrected chi connectivity index (χ2v) is 3.76. The Morgan fingerprint density at radius 2 is 2.19 bits per heavy atom. The third kappa shape index (κ3) is 3.55. The maximum atomic E-state index is 11.7. The Bertz CT molecular complexity index is 353. The number of nitrogens with two attached hydrogens (primary N) is 1. The molecule has 0 aromatic heterocycles. The van der Waals surface area contributed by atoms with E-state index in [1.165, 1.54) is 0 Å². The lowest BCUT2D eigenvalue weighted by molar-refractivity contribution is -0.658. The highest BCUT2D eigenvalue weighted by Gasteiger charge is 2.11. The molecule has 1 atom stereocenters. The minimum Gasteiger partial charge on any atom is -0.495 e. The maximum absolute atomic E-state index is 11.7. The van der Waals surface area contributed by atoms with Crippen LogP contribution in [0.25, 0.3) is 0 Å². The molecule has 4 heteroatoms. The number of hydrogen-bond donors (Lipinski definition) is 2. The monoisotopic (exact) mass is 223 g/mol. The van der Waals surface area contributed by atoms with Crippen LogP contribution in [0.15, 0.2) is 24.3 Å². The van der Waals surface area contributed by atoms with Crippen LogP contribution >= 0.6 is 0 Å². The zero-order chi connectivity index (χ0) is 12.0. The Labute approximate surface area is 96.0 Å². The van der Waals surface area contributed by atoms with Gasteiger partial charge in [0.25, 0.3) is 0 Å². The third-order valence-corrected chi connectivity index (χ3v) is 2.46. The van der Waals surface area contributed by atoms with Gasteiger partial charge in [-0.05, 0) is 19.1 Å². The minimum atomic E-state index is 0.00935. The van der Waals surface area contributed by atoms with Crippen LogP contribution in [0.3, 0.4) is 0 Å². The van der Waals surface area contributed by atoms with Crippen molar-refractivity contribution in [2.45, 2.75) is 19.4 Å². The van der Waals surface area contributed by atoms with Gasteiger partial charge in [0, 0.05) is 0 Å². The highest BCUT2D eigenvalue weighted by molar-refractivity contribution is 5.92. The minimum absolute atomic E-state index is 0.00935. The number of rotatable bonds is 5. The Balaban J connectivity index is 2.62. The van der Waals surface area contributed by atoms with E-state index in [1.54, 1.807) is 7.11 Å². The summed E-state index contributed by atoms with van der Waals surface area (Å²) in [5, 5.41) is 4.86. The Kier molecular flexibility index (Phi) is 4.79. The van der Waals surface area contributed by atoms with Crippen LogP contribution in [-0.4, -0.2) is 26.1 Å².